The van der Waals surface area contributed by atoms with Crippen molar-refractivity contribution in [3.8, 4) is 0 Å². The number of anilines is 1. The first kappa shape index (κ1) is 13.9. The maximum atomic E-state index is 4.46. The van der Waals surface area contributed by atoms with E-state index in [1.807, 2.05) is 12.4 Å². The molecule has 3 heterocycles. The SMILES string of the molecule is C[C@@H](CNc1nccn2c(C3CC3)nnc12)CN1CCCC1. The summed E-state index contributed by atoms with van der Waals surface area (Å²) in [6.07, 6.45) is 8.99. The number of aromatic nitrogens is 4. The molecule has 1 aliphatic heterocycles. The van der Waals surface area contributed by atoms with E-state index in [0.717, 1.165) is 30.4 Å². The van der Waals surface area contributed by atoms with Crippen molar-refractivity contribution in [2.45, 2.75) is 38.5 Å². The third-order valence-corrected chi connectivity index (χ3v) is 4.68. The van der Waals surface area contributed by atoms with Gasteiger partial charge in [0.1, 0.15) is 5.82 Å². The second-order valence-corrected chi connectivity index (χ2v) is 6.80. The van der Waals surface area contributed by atoms with Gasteiger partial charge in [-0.1, -0.05) is 6.92 Å². The number of rotatable bonds is 6. The Morgan fingerprint density at radius 2 is 2.09 bits per heavy atom. The van der Waals surface area contributed by atoms with Gasteiger partial charge in [0.2, 0.25) is 5.65 Å². The summed E-state index contributed by atoms with van der Waals surface area (Å²) in [4.78, 5) is 7.01. The Hall–Kier alpha value is -1.69. The lowest BCUT2D eigenvalue weighted by molar-refractivity contribution is 0.294. The number of likely N-dealkylation sites (tertiary alicyclic amines) is 1. The zero-order valence-corrected chi connectivity index (χ0v) is 13.2. The number of nitrogens with zero attached hydrogens (tertiary/aromatic N) is 5. The van der Waals surface area contributed by atoms with Crippen molar-refractivity contribution < 1.29 is 0 Å². The van der Waals surface area contributed by atoms with Crippen LogP contribution < -0.4 is 5.32 Å². The van der Waals surface area contributed by atoms with E-state index in [1.165, 1.54) is 38.8 Å². The molecule has 1 saturated carbocycles. The lowest BCUT2D eigenvalue weighted by Gasteiger charge is -2.20. The van der Waals surface area contributed by atoms with Crippen LogP contribution in [0.4, 0.5) is 5.82 Å². The minimum absolute atomic E-state index is 0.597. The molecule has 1 atom stereocenters. The highest BCUT2D eigenvalue weighted by Gasteiger charge is 2.29. The maximum absolute atomic E-state index is 4.46. The summed E-state index contributed by atoms with van der Waals surface area (Å²) in [6, 6.07) is 0. The molecule has 0 radical (unpaired) electrons. The third kappa shape index (κ3) is 2.79. The minimum Gasteiger partial charge on any atom is -0.367 e. The molecule has 6 nitrogen and oxygen atoms in total. The van der Waals surface area contributed by atoms with E-state index in [9.17, 15) is 0 Å². The zero-order valence-electron chi connectivity index (χ0n) is 13.2. The van der Waals surface area contributed by atoms with E-state index in [-0.39, 0.29) is 0 Å². The minimum atomic E-state index is 0.597. The Bertz CT molecular complexity index is 641. The van der Waals surface area contributed by atoms with E-state index in [0.29, 0.717) is 11.8 Å². The molecule has 6 heteroatoms. The van der Waals surface area contributed by atoms with Gasteiger partial charge < -0.3 is 10.2 Å². The van der Waals surface area contributed by atoms with Crippen molar-refractivity contribution in [1.29, 1.82) is 0 Å². The molecule has 22 heavy (non-hydrogen) atoms. The molecule has 2 aromatic rings. The van der Waals surface area contributed by atoms with Gasteiger partial charge in [-0.2, -0.15) is 0 Å². The fraction of sp³-hybridized carbons (Fsp3) is 0.688. The van der Waals surface area contributed by atoms with Gasteiger partial charge in [-0.25, -0.2) is 4.98 Å². The van der Waals surface area contributed by atoms with Crippen LogP contribution in [0.2, 0.25) is 0 Å². The Morgan fingerprint density at radius 1 is 1.27 bits per heavy atom. The number of hydrogen-bond donors (Lipinski definition) is 1. The summed E-state index contributed by atoms with van der Waals surface area (Å²) in [6.45, 7) is 6.90. The average Bonchev–Trinajstić information content (AvgIpc) is 3.07. The third-order valence-electron chi connectivity index (χ3n) is 4.68. The molecule has 4 rings (SSSR count). The first-order valence-corrected chi connectivity index (χ1v) is 8.47. The summed E-state index contributed by atoms with van der Waals surface area (Å²) in [5.74, 6) is 3.14. The number of nitrogens with one attached hydrogen (secondary N) is 1. The quantitative estimate of drug-likeness (QED) is 0.886. The Labute approximate surface area is 130 Å². The summed E-state index contributed by atoms with van der Waals surface area (Å²) in [5, 5.41) is 12.2. The topological polar surface area (TPSA) is 58.4 Å². The predicted molar refractivity (Wildman–Crippen MR) is 86.1 cm³/mol. The average molecular weight is 300 g/mol. The first-order valence-electron chi connectivity index (χ1n) is 8.47. The van der Waals surface area contributed by atoms with E-state index < -0.39 is 0 Å². The Morgan fingerprint density at radius 3 is 2.86 bits per heavy atom. The Kier molecular flexibility index (Phi) is 3.70. The molecule has 0 amide bonds. The molecule has 1 saturated heterocycles. The van der Waals surface area contributed by atoms with Crippen molar-refractivity contribution >= 4 is 11.5 Å². The number of hydrogen-bond acceptors (Lipinski definition) is 5. The molecule has 2 aliphatic rings. The van der Waals surface area contributed by atoms with Crippen LogP contribution in [-0.2, 0) is 0 Å². The molecule has 1 aliphatic carbocycles. The molecule has 0 aromatic carbocycles. The molecule has 2 aromatic heterocycles. The van der Waals surface area contributed by atoms with E-state index in [2.05, 4.69) is 36.7 Å². The molecule has 1 N–H and O–H groups in total. The van der Waals surface area contributed by atoms with Crippen LogP contribution in [0, 0.1) is 5.92 Å². The van der Waals surface area contributed by atoms with Crippen molar-refractivity contribution in [3.05, 3.63) is 18.2 Å². The zero-order chi connectivity index (χ0) is 14.9. The van der Waals surface area contributed by atoms with Gasteiger partial charge in [0.05, 0.1) is 0 Å². The van der Waals surface area contributed by atoms with Crippen LogP contribution in [0.15, 0.2) is 12.4 Å². The summed E-state index contributed by atoms with van der Waals surface area (Å²) >= 11 is 0. The second-order valence-electron chi connectivity index (χ2n) is 6.80. The van der Waals surface area contributed by atoms with Crippen LogP contribution >= 0.6 is 0 Å². The van der Waals surface area contributed by atoms with Crippen LogP contribution in [-0.4, -0.2) is 50.7 Å². The summed E-state index contributed by atoms with van der Waals surface area (Å²) < 4.78 is 2.10. The normalized spacial score (nSPS) is 20.6. The standard InChI is InChI=1S/C16H24N6/c1-12(11-21-7-2-3-8-21)10-18-14-16-20-19-15(13-4-5-13)22(16)9-6-17-14/h6,9,12-13H,2-5,7-8,10-11H2,1H3,(H,17,18)/t12-/m0/s1. The van der Waals surface area contributed by atoms with Crippen molar-refractivity contribution in [2.24, 2.45) is 5.92 Å². The smallest absolute Gasteiger partial charge is 0.203 e. The highest BCUT2D eigenvalue weighted by molar-refractivity contribution is 5.62. The van der Waals surface area contributed by atoms with Crippen LogP contribution in [0.25, 0.3) is 5.65 Å². The molecule has 118 valence electrons. The van der Waals surface area contributed by atoms with Crippen LogP contribution in [0.3, 0.4) is 0 Å². The highest BCUT2D eigenvalue weighted by Crippen LogP contribution is 2.39. The van der Waals surface area contributed by atoms with Crippen molar-refractivity contribution in [1.82, 2.24) is 24.5 Å². The molecular weight excluding hydrogens is 276 g/mol. The van der Waals surface area contributed by atoms with Gasteiger partial charge in [0, 0.05) is 31.4 Å². The molecule has 0 spiro atoms. The van der Waals surface area contributed by atoms with Gasteiger partial charge in [0.15, 0.2) is 5.82 Å². The number of fused-ring (bicyclic) bond motifs is 1. The highest BCUT2D eigenvalue weighted by atomic mass is 15.3. The van der Waals surface area contributed by atoms with Crippen molar-refractivity contribution in [3.63, 3.8) is 0 Å². The van der Waals surface area contributed by atoms with Gasteiger partial charge in [0.25, 0.3) is 0 Å². The van der Waals surface area contributed by atoms with Gasteiger partial charge >= 0.3 is 0 Å². The lowest BCUT2D eigenvalue weighted by Crippen LogP contribution is -2.29. The fourth-order valence-electron chi connectivity index (χ4n) is 3.33. The van der Waals surface area contributed by atoms with Gasteiger partial charge in [-0.05, 0) is 44.7 Å². The van der Waals surface area contributed by atoms with Gasteiger partial charge in [-0.15, -0.1) is 10.2 Å². The van der Waals surface area contributed by atoms with E-state index >= 15 is 0 Å². The monoisotopic (exact) mass is 300 g/mol. The molecule has 0 bridgehead atoms. The van der Waals surface area contributed by atoms with E-state index in [4.69, 9.17) is 0 Å². The Balaban J connectivity index is 1.42. The summed E-state index contributed by atoms with van der Waals surface area (Å²) in [7, 11) is 0. The maximum Gasteiger partial charge on any atom is 0.203 e. The first-order chi connectivity index (χ1) is 10.8. The van der Waals surface area contributed by atoms with Crippen LogP contribution in [0.1, 0.15) is 44.3 Å². The largest absolute Gasteiger partial charge is 0.367 e. The molecule has 0 unspecified atom stereocenters. The van der Waals surface area contributed by atoms with Crippen molar-refractivity contribution in [2.75, 3.05) is 31.5 Å². The summed E-state index contributed by atoms with van der Waals surface area (Å²) in [5.41, 5.74) is 0.859. The van der Waals surface area contributed by atoms with E-state index in [1.54, 1.807) is 0 Å². The van der Waals surface area contributed by atoms with Crippen LogP contribution in [0.5, 0.6) is 0 Å². The molecule has 2 fully saturated rings. The fourth-order valence-corrected chi connectivity index (χ4v) is 3.33. The second kappa shape index (κ2) is 5.83. The lowest BCUT2D eigenvalue weighted by atomic mass is 10.1. The molecular formula is C16H24N6. The van der Waals surface area contributed by atoms with Gasteiger partial charge in [-0.3, -0.25) is 4.40 Å². The predicted octanol–water partition coefficient (Wildman–Crippen LogP) is 2.15.